The summed E-state index contributed by atoms with van der Waals surface area (Å²) in [5.41, 5.74) is 7.64. The Morgan fingerprint density at radius 3 is 2.07 bits per heavy atom. The van der Waals surface area contributed by atoms with Gasteiger partial charge in [-0.1, -0.05) is 131 Å². The number of allylic oxidation sites excluding steroid dienone is 2. The molecule has 1 unspecified atom stereocenters. The van der Waals surface area contributed by atoms with Crippen molar-refractivity contribution in [1.29, 1.82) is 0 Å². The second-order valence-corrected chi connectivity index (χ2v) is 17.0. The number of nitrogens with two attached hydrogens (primary N) is 1. The van der Waals surface area contributed by atoms with Crippen LogP contribution in [0.5, 0.6) is 0 Å². The van der Waals surface area contributed by atoms with Crippen LogP contribution in [0.4, 0.5) is 14.9 Å². The number of hydrogen-bond acceptors (Lipinski definition) is 3. The molecule has 10 heteroatoms. The predicted molar refractivity (Wildman–Crippen MR) is 175 cm³/mol. The molecule has 0 saturated heterocycles. The van der Waals surface area contributed by atoms with Crippen LogP contribution in [-0.2, 0) is 15.8 Å². The first-order valence-corrected chi connectivity index (χ1v) is 16.6. The van der Waals surface area contributed by atoms with Gasteiger partial charge in [0.25, 0.3) is 14.2 Å². The van der Waals surface area contributed by atoms with Crippen LogP contribution in [0, 0.1) is 0 Å². The van der Waals surface area contributed by atoms with Crippen molar-refractivity contribution in [3.8, 4) is 0 Å². The van der Waals surface area contributed by atoms with Crippen molar-refractivity contribution in [3.63, 3.8) is 0 Å². The molecule has 1 heterocycles. The fourth-order valence-electron chi connectivity index (χ4n) is 5.47. The van der Waals surface area contributed by atoms with Crippen LogP contribution in [-0.4, -0.2) is 30.2 Å². The van der Waals surface area contributed by atoms with Crippen molar-refractivity contribution in [2.24, 2.45) is 5.73 Å². The van der Waals surface area contributed by atoms with Gasteiger partial charge in [-0.2, -0.15) is 0 Å². The number of nitrogens with zero attached hydrogens (tertiary/aromatic N) is 1. The first-order chi connectivity index (χ1) is 20.2. The molecule has 3 N–H and O–H groups in total. The molecule has 0 radical (unpaired) electrons. The SMILES string of the molecule is CC(C)c1cc(CO[Si](c2ccccc2)(c2ccccc2)C(C)(C)C)ccc1NC(=O)C1(Cl)C=CC(F)=C(Cl)N1C(N)=O. The van der Waals surface area contributed by atoms with Crippen LogP contribution in [0.25, 0.3) is 0 Å². The number of benzene rings is 3. The van der Waals surface area contributed by atoms with Crippen molar-refractivity contribution < 1.29 is 18.4 Å². The Morgan fingerprint density at radius 1 is 1.02 bits per heavy atom. The van der Waals surface area contributed by atoms with E-state index >= 15 is 0 Å². The van der Waals surface area contributed by atoms with Gasteiger partial charge in [0.2, 0.25) is 5.00 Å². The summed E-state index contributed by atoms with van der Waals surface area (Å²) in [6, 6.07) is 25.3. The normalized spacial score (nSPS) is 17.4. The predicted octanol–water partition coefficient (Wildman–Crippen LogP) is 7.09. The lowest BCUT2D eigenvalue weighted by Gasteiger charge is -2.43. The molecule has 0 aliphatic carbocycles. The number of halogens is 3. The Morgan fingerprint density at radius 2 is 1.58 bits per heavy atom. The van der Waals surface area contributed by atoms with Crippen molar-refractivity contribution in [1.82, 2.24) is 4.90 Å². The van der Waals surface area contributed by atoms with E-state index in [0.717, 1.165) is 23.3 Å². The fourth-order valence-corrected chi connectivity index (χ4v) is 10.6. The molecule has 0 fully saturated rings. The van der Waals surface area contributed by atoms with Gasteiger partial charge in [0.1, 0.15) is 0 Å². The summed E-state index contributed by atoms with van der Waals surface area (Å²) in [5, 5.41) is 4.29. The summed E-state index contributed by atoms with van der Waals surface area (Å²) in [6.45, 7) is 11.0. The maximum atomic E-state index is 14.1. The van der Waals surface area contributed by atoms with E-state index in [4.69, 9.17) is 33.4 Å². The summed E-state index contributed by atoms with van der Waals surface area (Å²) in [7, 11) is -2.77. The molecule has 1 atom stereocenters. The molecule has 0 bridgehead atoms. The maximum Gasteiger partial charge on any atom is 0.322 e. The molecule has 1 aliphatic heterocycles. The van der Waals surface area contributed by atoms with Crippen LogP contribution in [0.15, 0.2) is 102 Å². The van der Waals surface area contributed by atoms with Crippen LogP contribution in [0.1, 0.15) is 51.7 Å². The first-order valence-electron chi connectivity index (χ1n) is 13.9. The topological polar surface area (TPSA) is 84.7 Å². The van der Waals surface area contributed by atoms with Gasteiger partial charge in [0.05, 0.1) is 6.61 Å². The standard InChI is InChI=1S/C33H36Cl2FN3O3Si/c1-22(2)26-20-23(16-17-28(26)38-30(40)33(35)19-18-27(36)29(34)39(33)31(37)41)21-42-43(32(3,4)5,24-12-8-6-9-13-24)25-14-10-7-11-15-25/h6-20,22H,21H2,1-5H3,(H2,37,41)(H,38,40). The van der Waals surface area contributed by atoms with E-state index in [2.05, 4.69) is 50.4 Å². The lowest BCUT2D eigenvalue weighted by atomic mass is 9.98. The third-order valence-corrected chi connectivity index (χ3v) is 13.4. The minimum atomic E-state index is -2.77. The van der Waals surface area contributed by atoms with Crippen molar-refractivity contribution in [3.05, 3.63) is 113 Å². The minimum absolute atomic E-state index is 0.00413. The number of alkyl halides is 1. The third-order valence-electron chi connectivity index (χ3n) is 7.57. The van der Waals surface area contributed by atoms with E-state index in [1.54, 1.807) is 6.07 Å². The number of anilines is 1. The minimum Gasteiger partial charge on any atom is -0.403 e. The number of amides is 3. The Labute approximate surface area is 263 Å². The van der Waals surface area contributed by atoms with Crippen LogP contribution < -0.4 is 21.4 Å². The smallest absolute Gasteiger partial charge is 0.322 e. The highest BCUT2D eigenvalue weighted by Gasteiger charge is 2.50. The molecule has 226 valence electrons. The molecular formula is C33H36Cl2FN3O3Si. The summed E-state index contributed by atoms with van der Waals surface area (Å²) in [4.78, 5) is 23.9. The molecule has 6 nitrogen and oxygen atoms in total. The van der Waals surface area contributed by atoms with E-state index < -0.39 is 36.2 Å². The molecule has 3 aromatic carbocycles. The third kappa shape index (κ3) is 6.29. The molecule has 1 aliphatic rings. The summed E-state index contributed by atoms with van der Waals surface area (Å²) < 4.78 is 21.2. The molecule has 4 rings (SSSR count). The van der Waals surface area contributed by atoms with Gasteiger partial charge in [-0.3, -0.25) is 4.79 Å². The Bertz CT molecular complexity index is 1520. The summed E-state index contributed by atoms with van der Waals surface area (Å²) in [6.07, 6.45) is 1.97. The highest BCUT2D eigenvalue weighted by Crippen LogP contribution is 2.39. The number of nitrogens with one attached hydrogen (secondary N) is 1. The number of hydrogen-bond donors (Lipinski definition) is 2. The summed E-state index contributed by atoms with van der Waals surface area (Å²) in [5.74, 6) is -1.74. The monoisotopic (exact) mass is 639 g/mol. The van der Waals surface area contributed by atoms with Gasteiger partial charge >= 0.3 is 6.03 Å². The highest BCUT2D eigenvalue weighted by atomic mass is 35.5. The van der Waals surface area contributed by atoms with Gasteiger partial charge in [0, 0.05) is 5.69 Å². The Kier molecular flexibility index (Phi) is 9.56. The van der Waals surface area contributed by atoms with E-state index in [-0.39, 0.29) is 11.0 Å². The fraction of sp³-hybridized carbons (Fsp3) is 0.273. The van der Waals surface area contributed by atoms with Gasteiger partial charge < -0.3 is 15.5 Å². The van der Waals surface area contributed by atoms with E-state index in [1.165, 1.54) is 10.4 Å². The Hall–Kier alpha value is -3.43. The van der Waals surface area contributed by atoms with Gasteiger partial charge in [-0.15, -0.1) is 0 Å². The van der Waals surface area contributed by atoms with Crippen molar-refractivity contribution in [2.75, 3.05) is 5.32 Å². The lowest BCUT2D eigenvalue weighted by molar-refractivity contribution is -0.120. The van der Waals surface area contributed by atoms with Crippen molar-refractivity contribution >= 4 is 59.5 Å². The molecule has 43 heavy (non-hydrogen) atoms. The maximum absolute atomic E-state index is 14.1. The number of carbonyl (C=O) groups excluding carboxylic acids is 2. The molecule has 3 amide bonds. The highest BCUT2D eigenvalue weighted by molar-refractivity contribution is 6.99. The first kappa shape index (κ1) is 32.5. The van der Waals surface area contributed by atoms with E-state index in [0.29, 0.717) is 17.2 Å². The molecule has 0 saturated carbocycles. The molecular weight excluding hydrogens is 604 g/mol. The second kappa shape index (κ2) is 12.7. The van der Waals surface area contributed by atoms with E-state index in [1.807, 2.05) is 62.4 Å². The number of rotatable bonds is 8. The Balaban J connectivity index is 1.68. The molecule has 0 spiro atoms. The van der Waals surface area contributed by atoms with E-state index in [9.17, 15) is 14.0 Å². The number of carbonyl (C=O) groups is 2. The van der Waals surface area contributed by atoms with Crippen LogP contribution >= 0.6 is 23.2 Å². The van der Waals surface area contributed by atoms with Crippen molar-refractivity contribution in [2.45, 2.75) is 57.2 Å². The molecule has 3 aromatic rings. The van der Waals surface area contributed by atoms with Gasteiger partial charge in [-0.25, -0.2) is 14.1 Å². The molecule has 0 aromatic heterocycles. The number of primary amides is 1. The second-order valence-electron chi connectivity index (χ2n) is 11.8. The number of urea groups is 1. The van der Waals surface area contributed by atoms with Gasteiger partial charge in [0.15, 0.2) is 11.0 Å². The largest absolute Gasteiger partial charge is 0.403 e. The average molecular weight is 641 g/mol. The zero-order chi connectivity index (χ0) is 31.6. The van der Waals surface area contributed by atoms with Crippen LogP contribution in [0.2, 0.25) is 5.04 Å². The quantitative estimate of drug-likeness (QED) is 0.157. The van der Waals surface area contributed by atoms with Crippen LogP contribution in [0.3, 0.4) is 0 Å². The van der Waals surface area contributed by atoms with Gasteiger partial charge in [-0.05, 0) is 50.7 Å². The summed E-state index contributed by atoms with van der Waals surface area (Å²) >= 11 is 12.5. The average Bonchev–Trinajstić information content (AvgIpc) is 2.96. The zero-order valence-corrected chi connectivity index (χ0v) is 27.3. The zero-order valence-electron chi connectivity index (χ0n) is 24.8. The lowest BCUT2D eigenvalue weighted by Crippen LogP contribution is -2.66.